The summed E-state index contributed by atoms with van der Waals surface area (Å²) < 4.78 is 11.8. The number of benzene rings is 3. The molecule has 0 saturated heterocycles. The zero-order valence-corrected chi connectivity index (χ0v) is 20.7. The van der Waals surface area contributed by atoms with Crippen LogP contribution in [0.4, 0.5) is 0 Å². The molecule has 4 rings (SSSR count). The molecule has 5 nitrogen and oxygen atoms in total. The van der Waals surface area contributed by atoms with Gasteiger partial charge in [-0.1, -0.05) is 59.7 Å². The van der Waals surface area contributed by atoms with Crippen LogP contribution in [0.2, 0.25) is 0 Å². The van der Waals surface area contributed by atoms with E-state index in [1.54, 1.807) is 0 Å². The van der Waals surface area contributed by atoms with Crippen molar-refractivity contribution in [2.24, 2.45) is 0 Å². The number of hydrogen-bond donors (Lipinski definition) is 2. The molecular formula is C30H30O5. The fraction of sp³-hybridized carbons (Fsp3) is 0.233. The van der Waals surface area contributed by atoms with Crippen LogP contribution in [-0.4, -0.2) is 17.3 Å². The van der Waals surface area contributed by atoms with Crippen LogP contribution in [-0.2, 0) is 12.8 Å². The summed E-state index contributed by atoms with van der Waals surface area (Å²) in [6, 6.07) is 13.7. The van der Waals surface area contributed by atoms with Crippen LogP contribution >= 0.6 is 0 Å². The van der Waals surface area contributed by atoms with Crippen LogP contribution in [0.3, 0.4) is 0 Å². The molecule has 0 radical (unpaired) electrons. The van der Waals surface area contributed by atoms with E-state index in [2.05, 4.69) is 0 Å². The molecule has 0 saturated carbocycles. The van der Waals surface area contributed by atoms with Gasteiger partial charge in [0, 0.05) is 16.7 Å². The Morgan fingerprint density at radius 1 is 0.886 bits per heavy atom. The molecule has 4 aromatic rings. The Bertz CT molecular complexity index is 1550. The molecule has 0 amide bonds. The summed E-state index contributed by atoms with van der Waals surface area (Å²) in [5, 5.41) is 24.4. The molecule has 0 fully saturated rings. The first-order chi connectivity index (χ1) is 16.7. The Hall–Kier alpha value is -3.99. The Morgan fingerprint density at radius 3 is 2.14 bits per heavy atom. The van der Waals surface area contributed by atoms with Crippen molar-refractivity contribution < 1.29 is 19.4 Å². The number of phenolic OH excluding ortho intramolecular Hbond substituents is 2. The Balaban J connectivity index is 2.09. The zero-order chi connectivity index (χ0) is 25.3. The van der Waals surface area contributed by atoms with Crippen molar-refractivity contribution in [1.29, 1.82) is 0 Å². The van der Waals surface area contributed by atoms with Gasteiger partial charge in [-0.05, 0) is 57.4 Å². The monoisotopic (exact) mass is 470 g/mol. The number of methoxy groups -OCH3 is 1. The molecule has 0 atom stereocenters. The molecule has 5 heteroatoms. The topological polar surface area (TPSA) is 79.9 Å². The van der Waals surface area contributed by atoms with E-state index in [1.165, 1.54) is 7.11 Å². The van der Waals surface area contributed by atoms with Gasteiger partial charge in [0.05, 0.1) is 7.11 Å². The largest absolute Gasteiger partial charge is 0.507 e. The highest BCUT2D eigenvalue weighted by Crippen LogP contribution is 2.43. The third-order valence-corrected chi connectivity index (χ3v) is 6.08. The minimum atomic E-state index is -0.480. The Labute approximate surface area is 204 Å². The first-order valence-electron chi connectivity index (χ1n) is 11.6. The van der Waals surface area contributed by atoms with Crippen LogP contribution in [0.1, 0.15) is 38.8 Å². The number of aromatic hydroxyl groups is 2. The molecule has 0 aliphatic heterocycles. The van der Waals surface area contributed by atoms with E-state index in [1.807, 2.05) is 82.3 Å². The van der Waals surface area contributed by atoms with E-state index < -0.39 is 5.43 Å². The maximum atomic E-state index is 13.7. The van der Waals surface area contributed by atoms with Gasteiger partial charge in [0.2, 0.25) is 11.2 Å². The zero-order valence-electron chi connectivity index (χ0n) is 20.7. The highest BCUT2D eigenvalue weighted by molar-refractivity contribution is 5.94. The number of rotatable bonds is 6. The summed E-state index contributed by atoms with van der Waals surface area (Å²) in [6.45, 7) is 7.80. The van der Waals surface area contributed by atoms with Crippen molar-refractivity contribution in [2.75, 3.05) is 7.11 Å². The standard InChI is InChI=1S/C30H30O5/c1-17(2)10-14-22-25(31)23(15-11-18(3)4)29-24(26(22)32)27(33)30(34-5)28(35-29)21-13-12-19-8-6-7-9-20(19)16-21/h6-13,16,31-32H,14-15H2,1-5H3. The van der Waals surface area contributed by atoms with Crippen LogP contribution in [0.5, 0.6) is 17.2 Å². The fourth-order valence-corrected chi connectivity index (χ4v) is 4.20. The van der Waals surface area contributed by atoms with Gasteiger partial charge in [-0.15, -0.1) is 0 Å². The second-order valence-electron chi connectivity index (χ2n) is 9.19. The van der Waals surface area contributed by atoms with E-state index in [9.17, 15) is 15.0 Å². The first-order valence-corrected chi connectivity index (χ1v) is 11.6. The molecule has 180 valence electrons. The van der Waals surface area contributed by atoms with E-state index in [4.69, 9.17) is 9.15 Å². The van der Waals surface area contributed by atoms with Crippen LogP contribution in [0.25, 0.3) is 33.1 Å². The summed E-state index contributed by atoms with van der Waals surface area (Å²) >= 11 is 0. The molecule has 0 aliphatic carbocycles. The lowest BCUT2D eigenvalue weighted by Crippen LogP contribution is -2.10. The van der Waals surface area contributed by atoms with Gasteiger partial charge in [-0.2, -0.15) is 0 Å². The van der Waals surface area contributed by atoms with Gasteiger partial charge < -0.3 is 19.4 Å². The quantitative estimate of drug-likeness (QED) is 0.295. The molecule has 0 spiro atoms. The summed E-state index contributed by atoms with van der Waals surface area (Å²) in [7, 11) is 1.41. The van der Waals surface area contributed by atoms with Crippen LogP contribution in [0.15, 0.2) is 75.0 Å². The number of hydrogen-bond acceptors (Lipinski definition) is 5. The first kappa shape index (κ1) is 24.1. The molecule has 3 aromatic carbocycles. The van der Waals surface area contributed by atoms with Gasteiger partial charge in [-0.25, -0.2) is 0 Å². The van der Waals surface area contributed by atoms with Gasteiger partial charge in [0.25, 0.3) is 0 Å². The van der Waals surface area contributed by atoms with Crippen molar-refractivity contribution >= 4 is 21.7 Å². The molecule has 2 N–H and O–H groups in total. The van der Waals surface area contributed by atoms with Gasteiger partial charge >= 0.3 is 0 Å². The maximum absolute atomic E-state index is 13.7. The average Bonchev–Trinajstić information content (AvgIpc) is 2.82. The van der Waals surface area contributed by atoms with E-state index in [0.717, 1.165) is 21.9 Å². The SMILES string of the molecule is COc1c(-c2ccc3ccccc3c2)oc2c(CC=C(C)C)c(O)c(CC=C(C)C)c(O)c2c1=O. The van der Waals surface area contributed by atoms with Gasteiger partial charge in [0.1, 0.15) is 22.5 Å². The maximum Gasteiger partial charge on any atom is 0.239 e. The molecule has 0 bridgehead atoms. The number of allylic oxidation sites excluding steroid dienone is 4. The summed E-state index contributed by atoms with van der Waals surface area (Å²) in [5.41, 5.74) is 3.19. The minimum Gasteiger partial charge on any atom is -0.507 e. The number of ether oxygens (including phenoxy) is 1. The molecule has 1 heterocycles. The van der Waals surface area contributed by atoms with Crippen molar-refractivity contribution in [2.45, 2.75) is 40.5 Å². The van der Waals surface area contributed by atoms with E-state index >= 15 is 0 Å². The third-order valence-electron chi connectivity index (χ3n) is 6.08. The molecular weight excluding hydrogens is 440 g/mol. The van der Waals surface area contributed by atoms with Crippen molar-refractivity contribution in [3.63, 3.8) is 0 Å². The normalized spacial score (nSPS) is 11.0. The van der Waals surface area contributed by atoms with Crippen molar-refractivity contribution in [3.05, 3.63) is 87.1 Å². The third kappa shape index (κ3) is 4.54. The predicted octanol–water partition coefficient (Wildman–Crippen LogP) is 7.05. The van der Waals surface area contributed by atoms with Crippen LogP contribution < -0.4 is 10.2 Å². The second-order valence-corrected chi connectivity index (χ2v) is 9.19. The Morgan fingerprint density at radius 2 is 1.51 bits per heavy atom. The smallest absolute Gasteiger partial charge is 0.239 e. The lowest BCUT2D eigenvalue weighted by molar-refractivity contribution is 0.396. The summed E-state index contributed by atoms with van der Waals surface area (Å²) in [5.74, 6) is -0.0870. The minimum absolute atomic E-state index is 0.00935. The predicted molar refractivity (Wildman–Crippen MR) is 142 cm³/mol. The highest BCUT2D eigenvalue weighted by atomic mass is 16.5. The number of phenols is 2. The second kappa shape index (κ2) is 9.71. The van der Waals surface area contributed by atoms with Crippen molar-refractivity contribution in [3.8, 4) is 28.6 Å². The van der Waals surface area contributed by atoms with Crippen molar-refractivity contribution in [1.82, 2.24) is 0 Å². The fourth-order valence-electron chi connectivity index (χ4n) is 4.20. The van der Waals surface area contributed by atoms with E-state index in [0.29, 0.717) is 23.1 Å². The molecule has 0 aliphatic rings. The molecule has 1 aromatic heterocycles. The highest BCUT2D eigenvalue weighted by Gasteiger charge is 2.26. The summed E-state index contributed by atoms with van der Waals surface area (Å²) in [6.07, 6.45) is 4.48. The lowest BCUT2D eigenvalue weighted by atomic mass is 9.96. The van der Waals surface area contributed by atoms with E-state index in [-0.39, 0.29) is 40.4 Å². The lowest BCUT2D eigenvalue weighted by Gasteiger charge is -2.16. The summed E-state index contributed by atoms with van der Waals surface area (Å²) in [4.78, 5) is 13.7. The average molecular weight is 471 g/mol. The molecule has 0 unspecified atom stereocenters. The molecule has 35 heavy (non-hydrogen) atoms. The van der Waals surface area contributed by atoms with Crippen LogP contribution in [0, 0.1) is 0 Å². The number of fused-ring (bicyclic) bond motifs is 2. The van der Waals surface area contributed by atoms with Gasteiger partial charge in [-0.3, -0.25) is 4.79 Å². The Kier molecular flexibility index (Phi) is 6.70. The van der Waals surface area contributed by atoms with Gasteiger partial charge in [0.15, 0.2) is 5.76 Å².